The molecule has 92 valence electrons. The van der Waals surface area contributed by atoms with Crippen LogP contribution in [0.3, 0.4) is 0 Å². The lowest BCUT2D eigenvalue weighted by atomic mass is 9.91. The molecule has 0 spiro atoms. The number of nitrogens with one attached hydrogen (secondary N) is 1. The summed E-state index contributed by atoms with van der Waals surface area (Å²) in [7, 11) is 0. The molecule has 1 amide bonds. The molecule has 1 N–H and O–H groups in total. The molecular formula is C13H14N4O. The number of aromatic nitrogens is 3. The summed E-state index contributed by atoms with van der Waals surface area (Å²) in [5, 5.41) is 8.37. The Morgan fingerprint density at radius 2 is 2.22 bits per heavy atom. The first-order valence-electron chi connectivity index (χ1n) is 6.48. The lowest BCUT2D eigenvalue weighted by Crippen LogP contribution is -2.44. The molecule has 2 aliphatic rings. The molecule has 0 radical (unpaired) electrons. The Balaban J connectivity index is 1.96. The first kappa shape index (κ1) is 10.1. The minimum atomic E-state index is 0.198. The minimum absolute atomic E-state index is 0.198. The second kappa shape index (κ2) is 3.54. The van der Waals surface area contributed by atoms with Gasteiger partial charge < -0.3 is 0 Å². The zero-order valence-electron chi connectivity index (χ0n) is 10.0. The smallest absolute Gasteiger partial charge is 0.228 e. The van der Waals surface area contributed by atoms with Crippen LogP contribution in [0.1, 0.15) is 31.4 Å². The standard InChI is InChI=1S/C13H14N4O/c18-11-5-4-9-12-10(16-15-9)6-7-14-13(12)17(11)8-2-1-3-8/h6-8H,1-5H2,(H,15,16). The normalized spacial score (nSPS) is 20.0. The van der Waals surface area contributed by atoms with Gasteiger partial charge in [-0.1, -0.05) is 0 Å². The van der Waals surface area contributed by atoms with Crippen molar-refractivity contribution in [3.8, 4) is 0 Å². The van der Waals surface area contributed by atoms with Crippen molar-refractivity contribution in [1.29, 1.82) is 0 Å². The van der Waals surface area contributed by atoms with E-state index in [1.165, 1.54) is 6.42 Å². The second-order valence-corrected chi connectivity index (χ2v) is 5.08. The van der Waals surface area contributed by atoms with Crippen LogP contribution in [0.15, 0.2) is 12.3 Å². The molecule has 4 rings (SSSR count). The highest BCUT2D eigenvalue weighted by Crippen LogP contribution is 2.36. The number of amides is 1. The third-order valence-electron chi connectivity index (χ3n) is 4.05. The molecule has 1 aliphatic carbocycles. The van der Waals surface area contributed by atoms with Gasteiger partial charge in [0.05, 0.1) is 10.9 Å². The van der Waals surface area contributed by atoms with Crippen LogP contribution in [-0.4, -0.2) is 27.1 Å². The molecule has 1 fully saturated rings. The van der Waals surface area contributed by atoms with Gasteiger partial charge in [0, 0.05) is 24.4 Å². The maximum absolute atomic E-state index is 12.3. The third-order valence-corrected chi connectivity index (χ3v) is 4.05. The average molecular weight is 242 g/mol. The summed E-state index contributed by atoms with van der Waals surface area (Å²) < 4.78 is 0. The Hall–Kier alpha value is -1.91. The zero-order chi connectivity index (χ0) is 12.1. The van der Waals surface area contributed by atoms with Crippen LogP contribution in [0.5, 0.6) is 0 Å². The number of hydrogen-bond acceptors (Lipinski definition) is 3. The van der Waals surface area contributed by atoms with E-state index < -0.39 is 0 Å². The van der Waals surface area contributed by atoms with E-state index in [2.05, 4.69) is 15.2 Å². The molecular weight excluding hydrogens is 228 g/mol. The predicted octanol–water partition coefficient (Wildman–Crippen LogP) is 1.79. The van der Waals surface area contributed by atoms with E-state index in [0.717, 1.165) is 41.7 Å². The summed E-state index contributed by atoms with van der Waals surface area (Å²) in [6.45, 7) is 0. The van der Waals surface area contributed by atoms with Gasteiger partial charge >= 0.3 is 0 Å². The fraction of sp³-hybridized carbons (Fsp3) is 0.462. The molecule has 3 heterocycles. The highest BCUT2D eigenvalue weighted by Gasteiger charge is 2.34. The third kappa shape index (κ3) is 1.24. The zero-order valence-corrected chi connectivity index (χ0v) is 10.0. The van der Waals surface area contributed by atoms with Crippen molar-refractivity contribution >= 4 is 22.6 Å². The summed E-state index contributed by atoms with van der Waals surface area (Å²) in [5.74, 6) is 1.01. The Labute approximate surface area is 104 Å². The quantitative estimate of drug-likeness (QED) is 0.829. The first-order chi connectivity index (χ1) is 8.84. The molecule has 5 heteroatoms. The lowest BCUT2D eigenvalue weighted by Gasteiger charge is -2.36. The number of nitrogens with zero attached hydrogens (tertiary/aromatic N) is 3. The van der Waals surface area contributed by atoms with Crippen molar-refractivity contribution in [2.24, 2.45) is 0 Å². The minimum Gasteiger partial charge on any atom is -0.293 e. The Bertz CT molecular complexity index is 629. The van der Waals surface area contributed by atoms with Gasteiger partial charge in [-0.05, 0) is 31.7 Å². The molecule has 0 aromatic carbocycles. The average Bonchev–Trinajstić information content (AvgIpc) is 2.68. The van der Waals surface area contributed by atoms with Crippen LogP contribution in [0, 0.1) is 0 Å². The summed E-state index contributed by atoms with van der Waals surface area (Å²) in [5.41, 5.74) is 1.96. The van der Waals surface area contributed by atoms with Crippen molar-refractivity contribution in [3.63, 3.8) is 0 Å². The van der Waals surface area contributed by atoms with E-state index in [-0.39, 0.29) is 5.91 Å². The van der Waals surface area contributed by atoms with E-state index in [4.69, 9.17) is 0 Å². The van der Waals surface area contributed by atoms with Crippen molar-refractivity contribution in [3.05, 3.63) is 18.0 Å². The summed E-state index contributed by atoms with van der Waals surface area (Å²) in [4.78, 5) is 18.7. The number of pyridine rings is 1. The number of aromatic amines is 1. The SMILES string of the molecule is O=C1CCc2[nH]nc3ccnc(c23)N1C1CCC1. The molecule has 5 nitrogen and oxygen atoms in total. The molecule has 18 heavy (non-hydrogen) atoms. The number of aryl methyl sites for hydroxylation is 1. The molecule has 0 bridgehead atoms. The van der Waals surface area contributed by atoms with Crippen LogP contribution in [-0.2, 0) is 11.2 Å². The Morgan fingerprint density at radius 3 is 3.00 bits per heavy atom. The van der Waals surface area contributed by atoms with Crippen molar-refractivity contribution in [1.82, 2.24) is 15.2 Å². The highest BCUT2D eigenvalue weighted by atomic mass is 16.2. The maximum atomic E-state index is 12.3. The van der Waals surface area contributed by atoms with E-state index in [9.17, 15) is 4.79 Å². The van der Waals surface area contributed by atoms with Crippen molar-refractivity contribution in [2.75, 3.05) is 4.90 Å². The first-order valence-corrected chi connectivity index (χ1v) is 6.48. The molecule has 0 atom stereocenters. The summed E-state index contributed by atoms with van der Waals surface area (Å²) >= 11 is 0. The number of carbonyl (C=O) groups is 1. The van der Waals surface area contributed by atoms with E-state index >= 15 is 0 Å². The van der Waals surface area contributed by atoms with Crippen LogP contribution >= 0.6 is 0 Å². The van der Waals surface area contributed by atoms with Crippen LogP contribution in [0.2, 0.25) is 0 Å². The molecule has 2 aromatic heterocycles. The molecule has 0 saturated heterocycles. The maximum Gasteiger partial charge on any atom is 0.228 e. The number of rotatable bonds is 1. The van der Waals surface area contributed by atoms with Crippen molar-refractivity contribution < 1.29 is 4.79 Å². The Kier molecular flexibility index (Phi) is 1.98. The van der Waals surface area contributed by atoms with Gasteiger partial charge in [-0.3, -0.25) is 14.8 Å². The number of anilines is 1. The van der Waals surface area contributed by atoms with Gasteiger partial charge in [0.1, 0.15) is 5.82 Å². The fourth-order valence-corrected chi connectivity index (χ4v) is 2.86. The van der Waals surface area contributed by atoms with Gasteiger partial charge in [-0.25, -0.2) is 4.98 Å². The molecule has 0 unspecified atom stereocenters. The van der Waals surface area contributed by atoms with E-state index in [1.54, 1.807) is 6.20 Å². The number of hydrogen-bond donors (Lipinski definition) is 1. The topological polar surface area (TPSA) is 61.9 Å². The van der Waals surface area contributed by atoms with Gasteiger partial charge in [-0.15, -0.1) is 0 Å². The van der Waals surface area contributed by atoms with Crippen molar-refractivity contribution in [2.45, 2.75) is 38.1 Å². The lowest BCUT2D eigenvalue weighted by molar-refractivity contribution is -0.119. The number of carbonyl (C=O) groups excluding carboxylic acids is 1. The summed E-state index contributed by atoms with van der Waals surface area (Å²) in [6, 6.07) is 2.24. The van der Waals surface area contributed by atoms with E-state index in [1.807, 2.05) is 11.0 Å². The highest BCUT2D eigenvalue weighted by molar-refractivity contribution is 6.04. The van der Waals surface area contributed by atoms with Gasteiger partial charge in [0.25, 0.3) is 0 Å². The summed E-state index contributed by atoms with van der Waals surface area (Å²) in [6.07, 6.45) is 6.42. The van der Waals surface area contributed by atoms with E-state index in [0.29, 0.717) is 12.5 Å². The largest absolute Gasteiger partial charge is 0.293 e. The second-order valence-electron chi connectivity index (χ2n) is 5.08. The fourth-order valence-electron chi connectivity index (χ4n) is 2.86. The van der Waals surface area contributed by atoms with Gasteiger partial charge in [0.2, 0.25) is 5.91 Å². The van der Waals surface area contributed by atoms with Gasteiger partial charge in [-0.2, -0.15) is 5.10 Å². The van der Waals surface area contributed by atoms with Crippen LogP contribution < -0.4 is 4.90 Å². The number of H-pyrrole nitrogens is 1. The Morgan fingerprint density at radius 1 is 1.33 bits per heavy atom. The predicted molar refractivity (Wildman–Crippen MR) is 67.3 cm³/mol. The molecule has 1 aliphatic heterocycles. The molecule has 1 saturated carbocycles. The van der Waals surface area contributed by atoms with Crippen LogP contribution in [0.25, 0.3) is 10.9 Å². The monoisotopic (exact) mass is 242 g/mol. The molecule has 2 aromatic rings. The van der Waals surface area contributed by atoms with Gasteiger partial charge in [0.15, 0.2) is 0 Å². The van der Waals surface area contributed by atoms with Crippen LogP contribution in [0.4, 0.5) is 5.82 Å².